The minimum Gasteiger partial charge on any atom is -0.497 e. The maximum Gasteiger partial charge on any atom is 0.673 e. The molecule has 4 unspecified atom stereocenters. The first-order chi connectivity index (χ1) is 67.9. The molecule has 4 aliphatic carbocycles. The van der Waals surface area contributed by atoms with Crippen molar-refractivity contribution in [3.63, 3.8) is 0 Å². The largest absolute Gasteiger partial charge is 0.673 e. The van der Waals surface area contributed by atoms with E-state index in [1.165, 1.54) is 61.9 Å². The van der Waals surface area contributed by atoms with Crippen molar-refractivity contribution < 1.29 is 91.5 Å². The number of methoxy groups -OCH3 is 2. The minimum absolute atomic E-state index is 0.0305. The van der Waals surface area contributed by atoms with Crippen molar-refractivity contribution in [2.24, 2.45) is 0 Å². The van der Waals surface area contributed by atoms with E-state index in [0.717, 1.165) is 243 Å². The molecule has 9 fully saturated rings. The number of hydrogen-bond acceptors (Lipinski definition) is 20. The number of nitrogens with one attached hydrogen (secondary N) is 3. The van der Waals surface area contributed by atoms with Gasteiger partial charge in [-0.1, -0.05) is 74.1 Å². The van der Waals surface area contributed by atoms with Gasteiger partial charge >= 0.3 is 19.2 Å². The van der Waals surface area contributed by atoms with E-state index in [0.29, 0.717) is 78.9 Å². The van der Waals surface area contributed by atoms with Crippen LogP contribution in [0.15, 0.2) is 97.1 Å². The highest BCUT2D eigenvalue weighted by Gasteiger charge is 2.44. The highest BCUT2D eigenvalue weighted by molar-refractivity contribution is 7.90. The molecular weight excluding hydrogens is 1860 g/mol. The molecule has 4 bridgehead atoms. The Kier molecular flexibility index (Phi) is 32.5. The molecular formula is C104H135BF4N16O15S2. The summed E-state index contributed by atoms with van der Waals surface area (Å²) in [6.45, 7) is 17.7. The summed E-state index contributed by atoms with van der Waals surface area (Å²) in [6, 6.07) is 33.5. The molecule has 4 atom stereocenters. The first-order valence-electron chi connectivity index (χ1n) is 50.2. The summed E-state index contributed by atoms with van der Waals surface area (Å²) >= 11 is 0. The topological polar surface area (TPSA) is 337 Å². The average Bonchev–Trinajstić information content (AvgIpc) is 1.57. The quantitative estimate of drug-likeness (QED) is 0.0216. The second-order valence-corrected chi connectivity index (χ2v) is 44.6. The first kappa shape index (κ1) is 104. The number of likely N-dealkylation sites (N-methyl/N-ethyl adjacent to an activating group) is 1. The number of aromatic nitrogens is 9. The predicted molar refractivity (Wildman–Crippen MR) is 542 cm³/mol. The van der Waals surface area contributed by atoms with Gasteiger partial charge in [0.2, 0.25) is 20.0 Å². The maximum absolute atomic E-state index is 15.1. The van der Waals surface area contributed by atoms with Crippen molar-refractivity contribution >= 4 is 113 Å². The molecule has 0 spiro atoms. The van der Waals surface area contributed by atoms with E-state index in [1.807, 2.05) is 110 Å². The second kappa shape index (κ2) is 44.5. The number of sulfonamides is 2. The lowest BCUT2D eigenvalue weighted by atomic mass is 9.81. The van der Waals surface area contributed by atoms with E-state index < -0.39 is 55.6 Å². The van der Waals surface area contributed by atoms with Gasteiger partial charge in [-0.15, -0.1) is 5.10 Å². The molecule has 142 heavy (non-hydrogen) atoms. The highest BCUT2D eigenvalue weighted by atomic mass is 32.2. The summed E-state index contributed by atoms with van der Waals surface area (Å²) in [6.07, 6.45) is 28.6. The van der Waals surface area contributed by atoms with Gasteiger partial charge in [0, 0.05) is 69.2 Å². The Morgan fingerprint density at radius 2 is 0.979 bits per heavy atom. The minimum atomic E-state index is -6.00. The number of carboxylic acid groups (broad SMARTS) is 1. The van der Waals surface area contributed by atoms with Gasteiger partial charge in [0.1, 0.15) is 28.1 Å². The van der Waals surface area contributed by atoms with Gasteiger partial charge < -0.3 is 70.3 Å². The number of benzene rings is 5. The monoisotopic (exact) mass is 2000 g/mol. The molecule has 3 amide bonds. The van der Waals surface area contributed by atoms with Crippen LogP contribution in [0.25, 0.3) is 78.7 Å². The number of morpholine rings is 3. The van der Waals surface area contributed by atoms with E-state index >= 15 is 4.79 Å². The van der Waals surface area contributed by atoms with Crippen LogP contribution in [0, 0.1) is 13.8 Å². The fourth-order valence-corrected chi connectivity index (χ4v) is 22.7. The molecule has 31 nitrogen and oxygen atoms in total. The summed E-state index contributed by atoms with van der Waals surface area (Å²) in [5, 5.41) is 32.5. The number of piperidine rings is 2. The number of para-hydroxylation sites is 1. The van der Waals surface area contributed by atoms with Crippen LogP contribution in [0.5, 0.6) is 11.5 Å². The van der Waals surface area contributed by atoms with Gasteiger partial charge in [-0.25, -0.2) is 40.5 Å². The van der Waals surface area contributed by atoms with Crippen molar-refractivity contribution in [3.05, 3.63) is 164 Å². The predicted octanol–water partition coefficient (Wildman–Crippen LogP) is 17.2. The number of hydrogen-bond donors (Lipinski definition) is 4. The highest BCUT2D eigenvalue weighted by Crippen LogP contribution is 2.52. The van der Waals surface area contributed by atoms with E-state index in [-0.39, 0.29) is 46.8 Å². The lowest BCUT2D eigenvalue weighted by Crippen LogP contribution is -2.57. The Morgan fingerprint density at radius 3 is 1.39 bits per heavy atom. The summed E-state index contributed by atoms with van der Waals surface area (Å²) in [5.41, 5.74) is 17.8. The lowest BCUT2D eigenvalue weighted by Gasteiger charge is -2.45. The molecule has 7 aliphatic heterocycles. The number of aromatic carboxylic acids is 1. The van der Waals surface area contributed by atoms with Crippen LogP contribution in [0.3, 0.4) is 0 Å². The number of nitrogens with zero attached hydrogens (tertiary/aromatic N) is 13. The molecule has 4 saturated carbocycles. The maximum atomic E-state index is 15.1. The number of rotatable bonds is 17. The molecule has 21 rings (SSSR count). The van der Waals surface area contributed by atoms with Gasteiger partial charge in [0.25, 0.3) is 17.7 Å². The number of amides is 3. The van der Waals surface area contributed by atoms with Gasteiger partial charge in [0.05, 0.1) is 170 Å². The van der Waals surface area contributed by atoms with Gasteiger partial charge in [0.15, 0.2) is 0 Å². The number of carboxylic acids is 1. The van der Waals surface area contributed by atoms with Crippen molar-refractivity contribution in [2.75, 3.05) is 102 Å². The number of aryl methyl sites for hydroxylation is 2. The Morgan fingerprint density at radius 1 is 0.542 bits per heavy atom. The third kappa shape index (κ3) is 22.9. The van der Waals surface area contributed by atoms with Crippen molar-refractivity contribution in [1.29, 1.82) is 0 Å². The van der Waals surface area contributed by atoms with E-state index in [2.05, 4.69) is 86.1 Å². The zero-order valence-electron chi connectivity index (χ0n) is 83.7. The van der Waals surface area contributed by atoms with Gasteiger partial charge in [-0.05, 0) is 280 Å². The molecule has 10 aromatic rings. The van der Waals surface area contributed by atoms with Crippen molar-refractivity contribution in [3.8, 4) is 34.0 Å². The molecule has 5 aromatic heterocycles. The van der Waals surface area contributed by atoms with Crippen LogP contribution in [0.4, 0.5) is 17.3 Å². The summed E-state index contributed by atoms with van der Waals surface area (Å²) in [7, 11) is -0.601. The second-order valence-electron chi connectivity index (χ2n) is 40.1. The molecule has 4 N–H and O–H groups in total. The third-order valence-corrected chi connectivity index (χ3v) is 32.7. The summed E-state index contributed by atoms with van der Waals surface area (Å²) in [4.78, 5) is 68.3. The number of fused-ring (bicyclic) bond motifs is 15. The van der Waals surface area contributed by atoms with Crippen LogP contribution in [-0.4, -0.2) is 259 Å². The van der Waals surface area contributed by atoms with Crippen LogP contribution in [-0.2, 0) is 47.3 Å². The van der Waals surface area contributed by atoms with Gasteiger partial charge in [-0.3, -0.25) is 28.6 Å². The fraction of sp³-hybridized carbons (Fsp3) is 0.529. The standard InChI is InChI=1S/C44H53N5O6S.C37H42N4O6S.C11H16N5O.C7H13NO.C5H11NO.BF4/c1-26(2)56(52,53)46-43(50)29-16-18-37-38(22-29)47-23-31(20-30-21-35(54-4)17-19-36(30)42(47)40(37)28-10-6-5-7-11-28)41-39(27(3)45-49(41)32-12-8-13-32)44(51)48-33-14-9-15-34(48)25-55-24-33;1-21(2)48(45,46)39-36(42)24-13-15-30-31(19-24)40-20-26(34-32(37(43)44)22(3)38-41(34)27-11-8-12-27)17-25-18-28(47-4)14-16-29(25)35(40)33(30)23-9-6-5-7-10-23;1-14(2)11(15(3)4)17-16-10-8-6-5-7-9(10)12-13-16;1-2-6-4-9-5-7(3-1)8-6;1-6-2-4-7-5-3-6;2-1(3,4)5/h16-22,26,28,32-34H,5-15,23-25H2,1-4H3,(H,46,50);13-19,21,23,27H,5-12,20H2,1-4H3,(H,39,42)(H,43,44);5-8H,1-4H3;6-8H,1-5H2;2-5H2,1H3;/q;;+1;;;-1. The Bertz CT molecular complexity index is 6600. The SMILES string of the molecule is C1CC2COCC(C1)N2.CN(C)C(On1nnc2ccccc21)=[N+](C)C.CN1CCOCC1.COc1ccc2c(c1)C=C(c1c(C(=O)N3C4CCCC3COC4)c(C)nn1C1CCC1)Cn1c-2c(C2CCCCC2)c2ccc(C(=O)NS(=O)(=O)C(C)C)cc21.COc1ccc2c(c1)C=C(c1c(C(=O)O)c(C)nn1C1CCC1)Cn1c-2c(C2CCCCC2)c2ccc(C(=O)NS(=O)(=O)C(C)C)cc21.F[B-](F)(F)F. The Hall–Kier alpha value is -11.3. The summed E-state index contributed by atoms with van der Waals surface area (Å²) in [5.74, 6) is -0.255. The van der Waals surface area contributed by atoms with Crippen LogP contribution in [0.1, 0.15) is 279 Å². The molecule has 12 heterocycles. The fourth-order valence-electron chi connectivity index (χ4n) is 21.5. The molecule has 0 radical (unpaired) electrons. The average molecular weight is 2000 g/mol. The first-order valence-corrected chi connectivity index (χ1v) is 53.3. The third-order valence-electron chi connectivity index (χ3n) is 29.3. The van der Waals surface area contributed by atoms with Crippen molar-refractivity contribution in [1.82, 2.24) is 73.3 Å². The van der Waals surface area contributed by atoms with Crippen LogP contribution >= 0.6 is 0 Å². The lowest BCUT2D eigenvalue weighted by molar-refractivity contribution is -0.480. The van der Waals surface area contributed by atoms with Gasteiger partial charge in [-0.2, -0.15) is 10.2 Å². The number of carbonyl (C=O) groups is 4. The molecule has 5 saturated heterocycles. The molecule has 38 heteroatoms. The van der Waals surface area contributed by atoms with Crippen molar-refractivity contribution in [2.45, 2.75) is 254 Å². The number of amidine groups is 1. The Labute approximate surface area is 828 Å². The number of halogens is 4. The molecule has 11 aliphatic rings. The van der Waals surface area contributed by atoms with E-state index in [1.54, 1.807) is 53.2 Å². The molecule has 5 aromatic carbocycles. The number of allylic oxidation sites excluding steroid dienone is 2. The van der Waals surface area contributed by atoms with Crippen LogP contribution in [0.2, 0.25) is 0 Å². The number of carbonyl (C=O) groups excluding carboxylic acids is 3. The van der Waals surface area contributed by atoms with E-state index in [4.69, 9.17) is 38.7 Å². The molecule has 764 valence electrons. The van der Waals surface area contributed by atoms with E-state index in [9.17, 15) is 53.6 Å². The smallest absolute Gasteiger partial charge is 0.497 e. The zero-order valence-corrected chi connectivity index (χ0v) is 85.3. The normalized spacial score (nSPS) is 19.9. The Balaban J connectivity index is 0.000000150. The summed E-state index contributed by atoms with van der Waals surface area (Å²) < 4.78 is 133. The zero-order chi connectivity index (χ0) is 101. The van der Waals surface area contributed by atoms with Crippen LogP contribution < -0.4 is 29.1 Å². The number of ether oxygens (including phenoxy) is 5.